The molecule has 2 aromatic rings. The third-order valence-electron chi connectivity index (χ3n) is 2.43. The second kappa shape index (κ2) is 5.14. The molecule has 0 aliphatic heterocycles. The van der Waals surface area contributed by atoms with Crippen molar-refractivity contribution >= 4 is 11.8 Å². The van der Waals surface area contributed by atoms with E-state index in [2.05, 4.69) is 4.98 Å². The molecule has 1 atom stereocenters. The van der Waals surface area contributed by atoms with E-state index in [1.54, 1.807) is 24.2 Å². The number of rotatable bonds is 3. The van der Waals surface area contributed by atoms with E-state index in [4.69, 9.17) is 0 Å². The van der Waals surface area contributed by atoms with E-state index in [1.165, 1.54) is 4.90 Å². The fourth-order valence-corrected chi connectivity index (χ4v) is 1.92. The van der Waals surface area contributed by atoms with Crippen molar-refractivity contribution in [2.75, 3.05) is 6.26 Å². The fourth-order valence-electron chi connectivity index (χ4n) is 1.52. The first-order chi connectivity index (χ1) is 7.81. The number of aliphatic hydroxyl groups excluding tert-OH is 1. The predicted molar refractivity (Wildman–Crippen MR) is 66.5 cm³/mol. The van der Waals surface area contributed by atoms with Gasteiger partial charge < -0.3 is 5.11 Å². The van der Waals surface area contributed by atoms with Crippen molar-refractivity contribution in [1.29, 1.82) is 0 Å². The summed E-state index contributed by atoms with van der Waals surface area (Å²) in [6.45, 7) is 0. The summed E-state index contributed by atoms with van der Waals surface area (Å²) in [6.07, 6.45) is 4.83. The van der Waals surface area contributed by atoms with Gasteiger partial charge in [-0.25, -0.2) is 0 Å². The molecule has 0 amide bonds. The second-order valence-corrected chi connectivity index (χ2v) is 4.34. The molecule has 1 N–H and O–H groups in total. The predicted octanol–water partition coefficient (Wildman–Crippen LogP) is 2.89. The maximum absolute atomic E-state index is 10.1. The SMILES string of the molecule is CSc1ccc(C(O)c2cccnc2)cc1. The molecule has 0 aliphatic rings. The minimum Gasteiger partial charge on any atom is -0.384 e. The van der Waals surface area contributed by atoms with Gasteiger partial charge in [-0.1, -0.05) is 18.2 Å². The molecule has 0 bridgehead atoms. The van der Waals surface area contributed by atoms with Gasteiger partial charge in [-0.15, -0.1) is 11.8 Å². The molecule has 0 fully saturated rings. The van der Waals surface area contributed by atoms with E-state index in [-0.39, 0.29) is 0 Å². The lowest BCUT2D eigenvalue weighted by atomic mass is 10.0. The largest absolute Gasteiger partial charge is 0.384 e. The van der Waals surface area contributed by atoms with Crippen molar-refractivity contribution in [2.24, 2.45) is 0 Å². The fraction of sp³-hybridized carbons (Fsp3) is 0.154. The van der Waals surface area contributed by atoms with E-state index in [1.807, 2.05) is 42.7 Å². The van der Waals surface area contributed by atoms with Crippen LogP contribution in [-0.2, 0) is 0 Å². The molecule has 1 aromatic heterocycles. The van der Waals surface area contributed by atoms with Gasteiger partial charge in [-0.3, -0.25) is 4.98 Å². The number of aromatic nitrogens is 1. The van der Waals surface area contributed by atoms with Gasteiger partial charge in [-0.05, 0) is 30.0 Å². The third kappa shape index (κ3) is 2.43. The van der Waals surface area contributed by atoms with Crippen molar-refractivity contribution in [3.05, 3.63) is 59.9 Å². The summed E-state index contributed by atoms with van der Waals surface area (Å²) in [5, 5.41) is 10.1. The average Bonchev–Trinajstić information content (AvgIpc) is 2.39. The second-order valence-electron chi connectivity index (χ2n) is 3.46. The smallest absolute Gasteiger partial charge is 0.106 e. The summed E-state index contributed by atoms with van der Waals surface area (Å²) in [6, 6.07) is 11.6. The summed E-state index contributed by atoms with van der Waals surface area (Å²) >= 11 is 1.69. The topological polar surface area (TPSA) is 33.1 Å². The molecular weight excluding hydrogens is 218 g/mol. The Morgan fingerprint density at radius 3 is 2.44 bits per heavy atom. The molecule has 0 aliphatic carbocycles. The van der Waals surface area contributed by atoms with Crippen LogP contribution in [0.15, 0.2) is 53.7 Å². The number of hydrogen-bond donors (Lipinski definition) is 1. The molecule has 0 saturated carbocycles. The molecule has 3 heteroatoms. The molecule has 16 heavy (non-hydrogen) atoms. The summed E-state index contributed by atoms with van der Waals surface area (Å²) in [7, 11) is 0. The molecule has 1 aromatic carbocycles. The zero-order valence-electron chi connectivity index (χ0n) is 9.00. The number of benzene rings is 1. The van der Waals surface area contributed by atoms with Gasteiger partial charge >= 0.3 is 0 Å². The Kier molecular flexibility index (Phi) is 3.59. The van der Waals surface area contributed by atoms with Crippen LogP contribution in [0.25, 0.3) is 0 Å². The van der Waals surface area contributed by atoms with E-state index < -0.39 is 6.10 Å². The molecule has 0 radical (unpaired) electrons. The number of hydrogen-bond acceptors (Lipinski definition) is 3. The molecule has 1 heterocycles. The summed E-state index contributed by atoms with van der Waals surface area (Å²) < 4.78 is 0. The van der Waals surface area contributed by atoms with E-state index >= 15 is 0 Å². The molecule has 2 rings (SSSR count). The lowest BCUT2D eigenvalue weighted by Crippen LogP contribution is -1.99. The van der Waals surface area contributed by atoms with Gasteiger partial charge in [0.2, 0.25) is 0 Å². The van der Waals surface area contributed by atoms with Gasteiger partial charge in [0.15, 0.2) is 0 Å². The highest BCUT2D eigenvalue weighted by Crippen LogP contribution is 2.23. The zero-order valence-corrected chi connectivity index (χ0v) is 9.82. The molecular formula is C13H13NOS. The third-order valence-corrected chi connectivity index (χ3v) is 3.18. The van der Waals surface area contributed by atoms with E-state index in [0.717, 1.165) is 11.1 Å². The van der Waals surface area contributed by atoms with Crippen LogP contribution in [0.1, 0.15) is 17.2 Å². The maximum atomic E-state index is 10.1. The van der Waals surface area contributed by atoms with Crippen molar-refractivity contribution in [2.45, 2.75) is 11.0 Å². The number of nitrogens with zero attached hydrogens (tertiary/aromatic N) is 1. The summed E-state index contributed by atoms with van der Waals surface area (Å²) in [5.41, 5.74) is 1.71. The number of thioether (sulfide) groups is 1. The van der Waals surface area contributed by atoms with Crippen LogP contribution in [0, 0.1) is 0 Å². The molecule has 82 valence electrons. The Labute approximate surface area is 99.4 Å². The van der Waals surface area contributed by atoms with Gasteiger partial charge in [0.1, 0.15) is 6.10 Å². The van der Waals surface area contributed by atoms with Crippen molar-refractivity contribution < 1.29 is 5.11 Å². The van der Waals surface area contributed by atoms with Crippen LogP contribution >= 0.6 is 11.8 Å². The van der Waals surface area contributed by atoms with Crippen LogP contribution in [0.4, 0.5) is 0 Å². The molecule has 1 unspecified atom stereocenters. The van der Waals surface area contributed by atoms with E-state index in [0.29, 0.717) is 0 Å². The Bertz CT molecular complexity index is 441. The monoisotopic (exact) mass is 231 g/mol. The first-order valence-electron chi connectivity index (χ1n) is 5.03. The standard InChI is InChI=1S/C13H13NOS/c1-16-12-6-4-10(5-7-12)13(15)11-3-2-8-14-9-11/h2-9,13,15H,1H3. The minimum absolute atomic E-state index is 0.593. The van der Waals surface area contributed by atoms with Crippen LogP contribution in [0.5, 0.6) is 0 Å². The zero-order chi connectivity index (χ0) is 11.4. The first kappa shape index (κ1) is 11.2. The Morgan fingerprint density at radius 1 is 1.12 bits per heavy atom. The van der Waals surface area contributed by atoms with Crippen LogP contribution in [0.3, 0.4) is 0 Å². The van der Waals surface area contributed by atoms with Crippen molar-refractivity contribution in [3.63, 3.8) is 0 Å². The van der Waals surface area contributed by atoms with Gasteiger partial charge in [-0.2, -0.15) is 0 Å². The Balaban J connectivity index is 2.24. The average molecular weight is 231 g/mol. The Morgan fingerprint density at radius 2 is 1.88 bits per heavy atom. The number of pyridine rings is 1. The maximum Gasteiger partial charge on any atom is 0.106 e. The van der Waals surface area contributed by atoms with Crippen molar-refractivity contribution in [1.82, 2.24) is 4.98 Å². The van der Waals surface area contributed by atoms with Crippen LogP contribution in [0.2, 0.25) is 0 Å². The highest BCUT2D eigenvalue weighted by atomic mass is 32.2. The highest BCUT2D eigenvalue weighted by Gasteiger charge is 2.09. The molecule has 2 nitrogen and oxygen atoms in total. The van der Waals surface area contributed by atoms with Gasteiger partial charge in [0, 0.05) is 22.9 Å². The normalized spacial score (nSPS) is 12.4. The number of aliphatic hydroxyl groups is 1. The lowest BCUT2D eigenvalue weighted by Gasteiger charge is -2.11. The first-order valence-corrected chi connectivity index (χ1v) is 6.25. The highest BCUT2D eigenvalue weighted by molar-refractivity contribution is 7.98. The van der Waals surface area contributed by atoms with Crippen LogP contribution < -0.4 is 0 Å². The lowest BCUT2D eigenvalue weighted by molar-refractivity contribution is 0.220. The van der Waals surface area contributed by atoms with Crippen LogP contribution in [-0.4, -0.2) is 16.3 Å². The summed E-state index contributed by atoms with van der Waals surface area (Å²) in [4.78, 5) is 5.20. The summed E-state index contributed by atoms with van der Waals surface area (Å²) in [5.74, 6) is 0. The van der Waals surface area contributed by atoms with Gasteiger partial charge in [0.05, 0.1) is 0 Å². The Hall–Kier alpha value is -1.32. The molecule has 0 spiro atoms. The minimum atomic E-state index is -0.593. The van der Waals surface area contributed by atoms with Crippen molar-refractivity contribution in [3.8, 4) is 0 Å². The van der Waals surface area contributed by atoms with Gasteiger partial charge in [0.25, 0.3) is 0 Å². The molecule has 0 saturated heterocycles. The quantitative estimate of drug-likeness (QED) is 0.824. The van der Waals surface area contributed by atoms with E-state index in [9.17, 15) is 5.11 Å².